The first-order valence-electron chi connectivity index (χ1n) is 9.84. The van der Waals surface area contributed by atoms with Gasteiger partial charge in [-0.2, -0.15) is 0 Å². The van der Waals surface area contributed by atoms with Crippen molar-refractivity contribution in [2.45, 2.75) is 46.5 Å². The first kappa shape index (κ1) is 19.9. The quantitative estimate of drug-likeness (QED) is 0.719. The van der Waals surface area contributed by atoms with Gasteiger partial charge in [0.15, 0.2) is 0 Å². The topological polar surface area (TPSA) is 42.4 Å². The van der Waals surface area contributed by atoms with Gasteiger partial charge in [0.25, 0.3) is 5.91 Å². The summed E-state index contributed by atoms with van der Waals surface area (Å²) in [7, 11) is 1.69. The zero-order valence-corrected chi connectivity index (χ0v) is 17.6. The Balaban J connectivity index is 1.55. The number of methoxy groups -OCH3 is 1. The summed E-state index contributed by atoms with van der Waals surface area (Å²) in [4.78, 5) is 20.4. The van der Waals surface area contributed by atoms with E-state index in [1.165, 1.54) is 5.56 Å². The first-order valence-corrected chi connectivity index (χ1v) is 10.7. The molecule has 0 atom stereocenters. The Labute approximate surface area is 166 Å². The molecular weight excluding hydrogens is 356 g/mol. The summed E-state index contributed by atoms with van der Waals surface area (Å²) in [6.07, 6.45) is 4.15. The number of hydrogen-bond donors (Lipinski definition) is 0. The van der Waals surface area contributed by atoms with Gasteiger partial charge < -0.3 is 9.64 Å². The minimum absolute atomic E-state index is 0.169. The van der Waals surface area contributed by atoms with E-state index < -0.39 is 0 Å². The number of nitrogens with zero attached hydrogens (tertiary/aromatic N) is 2. The maximum Gasteiger partial charge on any atom is 0.265 e. The van der Waals surface area contributed by atoms with Crippen LogP contribution < -0.4 is 4.74 Å². The molecule has 0 bridgehead atoms. The number of rotatable bonds is 6. The van der Waals surface area contributed by atoms with Crippen LogP contribution in [-0.2, 0) is 12.8 Å². The van der Waals surface area contributed by atoms with Crippen molar-refractivity contribution in [2.24, 2.45) is 11.8 Å². The smallest absolute Gasteiger partial charge is 0.265 e. The molecule has 3 rings (SSSR count). The largest absolute Gasteiger partial charge is 0.497 e. The minimum atomic E-state index is 0.169. The molecule has 2 aromatic rings. The van der Waals surface area contributed by atoms with Crippen LogP contribution in [0, 0.1) is 18.8 Å². The van der Waals surface area contributed by atoms with Crippen molar-refractivity contribution in [3.8, 4) is 5.75 Å². The summed E-state index contributed by atoms with van der Waals surface area (Å²) in [5.41, 5.74) is 2.23. The number of carbonyl (C=O) groups excluding carboxylic acids is 1. The lowest BCUT2D eigenvalue weighted by Crippen LogP contribution is -2.38. The average molecular weight is 387 g/mol. The Morgan fingerprint density at radius 2 is 1.93 bits per heavy atom. The van der Waals surface area contributed by atoms with E-state index in [1.54, 1.807) is 18.4 Å². The van der Waals surface area contributed by atoms with Gasteiger partial charge in [0.2, 0.25) is 0 Å². The number of likely N-dealkylation sites (tertiary alicyclic amines) is 1. The highest BCUT2D eigenvalue weighted by Gasteiger charge is 2.26. The number of piperidine rings is 1. The van der Waals surface area contributed by atoms with Gasteiger partial charge in [0.1, 0.15) is 10.6 Å². The molecule has 1 amide bonds. The standard InChI is InChI=1S/C22H30N2O2S/c1-15(2)13-20-23-16(3)21(27-20)22(25)24-11-9-18(10-12-24)14-17-5-7-19(26-4)8-6-17/h5-8,15,18H,9-14H2,1-4H3. The van der Waals surface area contributed by atoms with Gasteiger partial charge in [-0.25, -0.2) is 4.98 Å². The summed E-state index contributed by atoms with van der Waals surface area (Å²) in [6, 6.07) is 8.34. The number of amides is 1. The lowest BCUT2D eigenvalue weighted by atomic mass is 9.90. The molecule has 1 saturated heterocycles. The van der Waals surface area contributed by atoms with Crippen molar-refractivity contribution in [3.05, 3.63) is 45.4 Å². The van der Waals surface area contributed by atoms with Crippen LogP contribution in [0.25, 0.3) is 0 Å². The first-order chi connectivity index (χ1) is 13.0. The van der Waals surface area contributed by atoms with E-state index in [2.05, 4.69) is 31.0 Å². The van der Waals surface area contributed by atoms with Crippen molar-refractivity contribution in [2.75, 3.05) is 20.2 Å². The van der Waals surface area contributed by atoms with Crippen LogP contribution in [0.1, 0.15) is 52.6 Å². The fraction of sp³-hybridized carbons (Fsp3) is 0.545. The number of hydrogen-bond acceptors (Lipinski definition) is 4. The van der Waals surface area contributed by atoms with Crippen LogP contribution in [0.3, 0.4) is 0 Å². The number of aryl methyl sites for hydroxylation is 1. The predicted octanol–water partition coefficient (Wildman–Crippen LogP) is 4.75. The lowest BCUT2D eigenvalue weighted by Gasteiger charge is -2.32. The average Bonchev–Trinajstić information content (AvgIpc) is 3.01. The van der Waals surface area contributed by atoms with Crippen molar-refractivity contribution >= 4 is 17.2 Å². The van der Waals surface area contributed by atoms with Crippen molar-refractivity contribution in [1.29, 1.82) is 0 Å². The fourth-order valence-corrected chi connectivity index (χ4v) is 4.91. The molecule has 0 unspecified atom stereocenters. The highest BCUT2D eigenvalue weighted by Crippen LogP contribution is 2.27. The third-order valence-corrected chi connectivity index (χ3v) is 6.37. The zero-order chi connectivity index (χ0) is 19.4. The summed E-state index contributed by atoms with van der Waals surface area (Å²) in [5.74, 6) is 2.27. The Bertz CT molecular complexity index is 759. The van der Waals surface area contributed by atoms with E-state index in [0.717, 1.165) is 60.1 Å². The fourth-order valence-electron chi connectivity index (χ4n) is 3.67. The number of benzene rings is 1. The van der Waals surface area contributed by atoms with E-state index in [0.29, 0.717) is 11.8 Å². The van der Waals surface area contributed by atoms with E-state index >= 15 is 0 Å². The van der Waals surface area contributed by atoms with Gasteiger partial charge in [-0.3, -0.25) is 4.79 Å². The molecule has 27 heavy (non-hydrogen) atoms. The van der Waals surface area contributed by atoms with Gasteiger partial charge in [0, 0.05) is 19.5 Å². The van der Waals surface area contributed by atoms with Crippen LogP contribution in [0.15, 0.2) is 24.3 Å². The van der Waals surface area contributed by atoms with Gasteiger partial charge in [0.05, 0.1) is 17.8 Å². The van der Waals surface area contributed by atoms with E-state index in [1.807, 2.05) is 24.0 Å². The molecule has 0 aliphatic carbocycles. The Kier molecular flexibility index (Phi) is 6.53. The molecule has 1 aliphatic heterocycles. The Morgan fingerprint density at radius 3 is 2.52 bits per heavy atom. The van der Waals surface area contributed by atoms with Gasteiger partial charge in [-0.15, -0.1) is 11.3 Å². The van der Waals surface area contributed by atoms with Crippen LogP contribution in [-0.4, -0.2) is 36.0 Å². The maximum absolute atomic E-state index is 12.9. The van der Waals surface area contributed by atoms with Gasteiger partial charge in [-0.05, 0) is 55.7 Å². The molecule has 0 radical (unpaired) electrons. The molecule has 0 N–H and O–H groups in total. The lowest BCUT2D eigenvalue weighted by molar-refractivity contribution is 0.0694. The number of aromatic nitrogens is 1. The predicted molar refractivity (Wildman–Crippen MR) is 111 cm³/mol. The molecule has 146 valence electrons. The molecule has 1 aromatic carbocycles. The third-order valence-electron chi connectivity index (χ3n) is 5.20. The normalized spacial score (nSPS) is 15.4. The van der Waals surface area contributed by atoms with E-state index in [9.17, 15) is 4.79 Å². The van der Waals surface area contributed by atoms with Crippen LogP contribution in [0.5, 0.6) is 5.75 Å². The summed E-state index contributed by atoms with van der Waals surface area (Å²) < 4.78 is 5.23. The molecule has 5 heteroatoms. The molecule has 2 heterocycles. The van der Waals surface area contributed by atoms with E-state index in [4.69, 9.17) is 4.74 Å². The van der Waals surface area contributed by atoms with Crippen LogP contribution in [0.4, 0.5) is 0 Å². The summed E-state index contributed by atoms with van der Waals surface area (Å²) in [5, 5.41) is 1.08. The molecule has 0 spiro atoms. The van der Waals surface area contributed by atoms with Gasteiger partial charge >= 0.3 is 0 Å². The SMILES string of the molecule is COc1ccc(CC2CCN(C(=O)c3sc(CC(C)C)nc3C)CC2)cc1. The maximum atomic E-state index is 12.9. The number of ether oxygens (including phenoxy) is 1. The third kappa shape index (κ3) is 5.10. The molecular formula is C22H30N2O2S. The monoisotopic (exact) mass is 386 g/mol. The second-order valence-corrected chi connectivity index (χ2v) is 8.99. The molecule has 1 aromatic heterocycles. The minimum Gasteiger partial charge on any atom is -0.497 e. The molecule has 1 fully saturated rings. The number of carbonyl (C=O) groups is 1. The summed E-state index contributed by atoms with van der Waals surface area (Å²) in [6.45, 7) is 8.02. The molecule has 1 aliphatic rings. The van der Waals surface area contributed by atoms with Crippen LogP contribution in [0.2, 0.25) is 0 Å². The second kappa shape index (κ2) is 8.87. The summed E-state index contributed by atoms with van der Waals surface area (Å²) >= 11 is 1.58. The van der Waals surface area contributed by atoms with Crippen molar-refractivity contribution < 1.29 is 9.53 Å². The van der Waals surface area contributed by atoms with E-state index in [-0.39, 0.29) is 5.91 Å². The number of thiazole rings is 1. The molecule has 0 saturated carbocycles. The zero-order valence-electron chi connectivity index (χ0n) is 16.8. The Morgan fingerprint density at radius 1 is 1.26 bits per heavy atom. The highest BCUT2D eigenvalue weighted by molar-refractivity contribution is 7.13. The van der Waals surface area contributed by atoms with Gasteiger partial charge in [-0.1, -0.05) is 26.0 Å². The second-order valence-electron chi connectivity index (χ2n) is 7.91. The molecule has 4 nitrogen and oxygen atoms in total. The van der Waals surface area contributed by atoms with Crippen molar-refractivity contribution in [3.63, 3.8) is 0 Å². The highest BCUT2D eigenvalue weighted by atomic mass is 32.1. The Hall–Kier alpha value is -1.88. The van der Waals surface area contributed by atoms with Crippen molar-refractivity contribution in [1.82, 2.24) is 9.88 Å². The van der Waals surface area contributed by atoms with Crippen LogP contribution >= 0.6 is 11.3 Å².